The molecule has 5 nitrogen and oxygen atoms in total. The lowest BCUT2D eigenvalue weighted by Crippen LogP contribution is -2.23. The first-order chi connectivity index (χ1) is 17.3. The summed E-state index contributed by atoms with van der Waals surface area (Å²) in [6, 6.07) is 40.5. The third-order valence-electron chi connectivity index (χ3n) is 5.40. The van der Waals surface area contributed by atoms with E-state index in [2.05, 4.69) is 46.2 Å². The molecule has 0 amide bonds. The van der Waals surface area contributed by atoms with Gasteiger partial charge in [0, 0.05) is 16.8 Å². The summed E-state index contributed by atoms with van der Waals surface area (Å²) < 4.78 is 1.98. The van der Waals surface area contributed by atoms with Crippen molar-refractivity contribution in [2.24, 2.45) is 5.10 Å². The molecule has 0 saturated carbocycles. The molecule has 2 N–H and O–H groups in total. The van der Waals surface area contributed by atoms with Crippen LogP contribution >= 0.6 is 12.2 Å². The predicted octanol–water partition coefficient (Wildman–Crippen LogP) is 6.53. The number of hydrazone groups is 1. The van der Waals surface area contributed by atoms with Gasteiger partial charge in [0.25, 0.3) is 0 Å². The van der Waals surface area contributed by atoms with Gasteiger partial charge in [-0.3, -0.25) is 5.43 Å². The average Bonchev–Trinajstić information content (AvgIpc) is 3.36. The average molecular weight is 474 g/mol. The molecule has 0 radical (unpaired) electrons. The molecule has 0 saturated heterocycles. The van der Waals surface area contributed by atoms with Crippen LogP contribution in [0.1, 0.15) is 5.56 Å². The second-order valence-corrected chi connectivity index (χ2v) is 8.25. The van der Waals surface area contributed by atoms with Gasteiger partial charge >= 0.3 is 0 Å². The maximum absolute atomic E-state index is 5.29. The lowest BCUT2D eigenvalue weighted by molar-refractivity contribution is 0.892. The van der Waals surface area contributed by atoms with Crippen LogP contribution in [0.5, 0.6) is 0 Å². The number of anilines is 1. The van der Waals surface area contributed by atoms with E-state index in [0.29, 0.717) is 5.11 Å². The van der Waals surface area contributed by atoms with Crippen molar-refractivity contribution in [2.45, 2.75) is 0 Å². The third-order valence-corrected chi connectivity index (χ3v) is 5.59. The largest absolute Gasteiger partial charge is 0.331 e. The molecule has 35 heavy (non-hydrogen) atoms. The Kier molecular flexibility index (Phi) is 6.73. The number of aromatic nitrogens is 2. The monoisotopic (exact) mass is 473 g/mol. The number of para-hydroxylation sites is 1. The van der Waals surface area contributed by atoms with Gasteiger partial charge in [-0.2, -0.15) is 10.2 Å². The summed E-state index contributed by atoms with van der Waals surface area (Å²) in [5, 5.41) is 12.7. The minimum Gasteiger partial charge on any atom is -0.331 e. The normalized spacial score (nSPS) is 10.9. The van der Waals surface area contributed by atoms with Crippen LogP contribution in [0.25, 0.3) is 28.2 Å². The van der Waals surface area contributed by atoms with E-state index in [1.807, 2.05) is 95.7 Å². The van der Waals surface area contributed by atoms with Crippen LogP contribution in [0.3, 0.4) is 0 Å². The van der Waals surface area contributed by atoms with Crippen LogP contribution in [0.4, 0.5) is 5.69 Å². The van der Waals surface area contributed by atoms with Crippen LogP contribution in [0, 0.1) is 0 Å². The maximum Gasteiger partial charge on any atom is 0.191 e. The smallest absolute Gasteiger partial charge is 0.191 e. The third kappa shape index (κ3) is 5.51. The van der Waals surface area contributed by atoms with Crippen molar-refractivity contribution in [2.75, 3.05) is 5.32 Å². The van der Waals surface area contributed by atoms with Gasteiger partial charge in [-0.05, 0) is 48.1 Å². The molecule has 1 aromatic heterocycles. The highest BCUT2D eigenvalue weighted by Gasteiger charge is 2.13. The molecule has 0 spiro atoms. The summed E-state index contributed by atoms with van der Waals surface area (Å²) in [7, 11) is 0. The van der Waals surface area contributed by atoms with E-state index in [-0.39, 0.29) is 0 Å². The first-order valence-electron chi connectivity index (χ1n) is 11.2. The Morgan fingerprint density at radius 1 is 0.743 bits per heavy atom. The SMILES string of the molecule is S=C(N/N=C/c1ccc(-n2nc(-c3ccccc3)cc2-c2ccccc2)cc1)Nc1ccccc1. The highest BCUT2D eigenvalue weighted by atomic mass is 32.1. The number of rotatable bonds is 6. The molecule has 0 aliphatic rings. The maximum atomic E-state index is 5.29. The van der Waals surface area contributed by atoms with Crippen molar-refractivity contribution in [1.29, 1.82) is 0 Å². The van der Waals surface area contributed by atoms with Crippen LogP contribution in [-0.4, -0.2) is 21.1 Å². The molecule has 1 heterocycles. The van der Waals surface area contributed by atoms with Gasteiger partial charge in [0.2, 0.25) is 0 Å². The zero-order valence-corrected chi connectivity index (χ0v) is 19.7. The standard InChI is InChI=1S/C29H23N5S/c35-29(31-25-14-8-3-9-15-25)32-30-21-22-16-18-26(19-17-22)34-28(24-12-6-2-7-13-24)20-27(33-34)23-10-4-1-5-11-23/h1-21H,(H2,31,32,35)/b30-21+. The zero-order valence-electron chi connectivity index (χ0n) is 18.9. The fourth-order valence-corrected chi connectivity index (χ4v) is 3.86. The molecule has 6 heteroatoms. The quantitative estimate of drug-likeness (QED) is 0.167. The Hall–Kier alpha value is -4.55. The molecule has 170 valence electrons. The molecular weight excluding hydrogens is 450 g/mol. The summed E-state index contributed by atoms with van der Waals surface area (Å²) in [5.74, 6) is 0. The Morgan fingerprint density at radius 2 is 1.34 bits per heavy atom. The van der Waals surface area contributed by atoms with Gasteiger partial charge in [0.05, 0.1) is 23.3 Å². The van der Waals surface area contributed by atoms with Gasteiger partial charge in [0.1, 0.15) is 0 Å². The number of nitrogens with one attached hydrogen (secondary N) is 2. The predicted molar refractivity (Wildman–Crippen MR) is 148 cm³/mol. The highest BCUT2D eigenvalue weighted by molar-refractivity contribution is 7.80. The number of nitrogens with zero attached hydrogens (tertiary/aromatic N) is 3. The van der Waals surface area contributed by atoms with E-state index < -0.39 is 0 Å². The molecular formula is C29H23N5S. The van der Waals surface area contributed by atoms with Crippen molar-refractivity contribution in [3.8, 4) is 28.2 Å². The number of hydrogen-bond acceptors (Lipinski definition) is 3. The van der Waals surface area contributed by atoms with Crippen molar-refractivity contribution in [3.63, 3.8) is 0 Å². The second kappa shape index (κ2) is 10.6. The van der Waals surface area contributed by atoms with Crippen LogP contribution in [0.2, 0.25) is 0 Å². The lowest BCUT2D eigenvalue weighted by atomic mass is 10.1. The van der Waals surface area contributed by atoms with Gasteiger partial charge in [-0.1, -0.05) is 91.0 Å². The molecule has 4 aromatic carbocycles. The van der Waals surface area contributed by atoms with Gasteiger partial charge in [0.15, 0.2) is 5.11 Å². The van der Waals surface area contributed by atoms with Crippen molar-refractivity contribution in [3.05, 3.63) is 127 Å². The summed E-state index contributed by atoms with van der Waals surface area (Å²) in [4.78, 5) is 0. The lowest BCUT2D eigenvalue weighted by Gasteiger charge is -2.08. The topological polar surface area (TPSA) is 54.2 Å². The molecule has 0 unspecified atom stereocenters. The fourth-order valence-electron chi connectivity index (χ4n) is 3.69. The summed E-state index contributed by atoms with van der Waals surface area (Å²) in [6.07, 6.45) is 1.74. The molecule has 0 bridgehead atoms. The molecule has 0 aliphatic carbocycles. The molecule has 5 rings (SSSR count). The molecule has 0 fully saturated rings. The van der Waals surface area contributed by atoms with E-state index in [1.165, 1.54) is 0 Å². The molecule has 0 atom stereocenters. The van der Waals surface area contributed by atoms with Gasteiger partial charge < -0.3 is 5.32 Å². The first-order valence-corrected chi connectivity index (χ1v) is 11.6. The fraction of sp³-hybridized carbons (Fsp3) is 0. The summed E-state index contributed by atoms with van der Waals surface area (Å²) >= 11 is 5.29. The van der Waals surface area contributed by atoms with Crippen molar-refractivity contribution < 1.29 is 0 Å². The van der Waals surface area contributed by atoms with Crippen LogP contribution in [0.15, 0.2) is 126 Å². The Balaban J connectivity index is 1.35. The number of hydrogen-bond donors (Lipinski definition) is 2. The van der Waals surface area contributed by atoms with E-state index in [1.54, 1.807) is 6.21 Å². The number of thiocarbonyl (C=S) groups is 1. The van der Waals surface area contributed by atoms with Crippen molar-refractivity contribution in [1.82, 2.24) is 15.2 Å². The second-order valence-electron chi connectivity index (χ2n) is 7.84. The van der Waals surface area contributed by atoms with E-state index in [9.17, 15) is 0 Å². The van der Waals surface area contributed by atoms with E-state index in [0.717, 1.165) is 39.5 Å². The van der Waals surface area contributed by atoms with Crippen LogP contribution in [-0.2, 0) is 0 Å². The molecule has 5 aromatic rings. The van der Waals surface area contributed by atoms with Gasteiger partial charge in [-0.15, -0.1) is 0 Å². The summed E-state index contributed by atoms with van der Waals surface area (Å²) in [6.45, 7) is 0. The van der Waals surface area contributed by atoms with Gasteiger partial charge in [-0.25, -0.2) is 4.68 Å². The zero-order chi connectivity index (χ0) is 23.9. The van der Waals surface area contributed by atoms with Crippen LogP contribution < -0.4 is 10.7 Å². The van der Waals surface area contributed by atoms with E-state index >= 15 is 0 Å². The Bertz CT molecular complexity index is 1430. The minimum atomic E-state index is 0.432. The van der Waals surface area contributed by atoms with E-state index in [4.69, 9.17) is 17.3 Å². The minimum absolute atomic E-state index is 0.432. The first kappa shape index (κ1) is 22.3. The summed E-state index contributed by atoms with van der Waals surface area (Å²) in [5.41, 5.74) is 9.83. The Morgan fingerprint density at radius 3 is 2.00 bits per heavy atom. The molecule has 0 aliphatic heterocycles. The number of benzene rings is 4. The van der Waals surface area contributed by atoms with Crippen molar-refractivity contribution >= 4 is 29.2 Å². The highest BCUT2D eigenvalue weighted by Crippen LogP contribution is 2.28. The Labute approximate surface area is 209 Å².